The van der Waals surface area contributed by atoms with Crippen LogP contribution in [0.1, 0.15) is 5.56 Å². The van der Waals surface area contributed by atoms with Crippen LogP contribution in [-0.2, 0) is 5.33 Å². The van der Waals surface area contributed by atoms with E-state index in [4.69, 9.17) is 5.73 Å². The summed E-state index contributed by atoms with van der Waals surface area (Å²) in [6.07, 6.45) is 0. The maximum atomic E-state index is 5.84. The third-order valence-electron chi connectivity index (χ3n) is 1.43. The highest BCUT2D eigenvalue weighted by molar-refractivity contribution is 9.14. The first-order valence-corrected chi connectivity index (χ1v) is 6.55. The van der Waals surface area contributed by atoms with Crippen LogP contribution in [0.25, 0.3) is 0 Å². The van der Waals surface area contributed by atoms with Crippen molar-refractivity contribution in [2.45, 2.75) is 5.33 Å². The van der Waals surface area contributed by atoms with E-state index in [0.717, 1.165) is 30.0 Å². The number of anilines is 1. The lowest BCUT2D eigenvalue weighted by Gasteiger charge is -2.08. The molecule has 0 aliphatic carbocycles. The highest BCUT2D eigenvalue weighted by Gasteiger charge is 2.09. The molecule has 12 heavy (non-hydrogen) atoms. The largest absolute Gasteiger partial charge is 0.398 e. The fourth-order valence-electron chi connectivity index (χ4n) is 0.769. The first-order valence-electron chi connectivity index (χ1n) is 3.05. The van der Waals surface area contributed by atoms with Crippen molar-refractivity contribution in [1.29, 1.82) is 0 Å². The van der Waals surface area contributed by atoms with Crippen molar-refractivity contribution < 1.29 is 0 Å². The number of benzene rings is 1. The molecule has 1 nitrogen and oxygen atoms in total. The summed E-state index contributed by atoms with van der Waals surface area (Å²) in [5.41, 5.74) is 7.67. The Labute approximate surface area is 105 Å². The molecule has 5 heteroatoms. The minimum absolute atomic E-state index is 0.753. The van der Waals surface area contributed by atoms with E-state index in [1.54, 1.807) is 0 Å². The maximum Gasteiger partial charge on any atom is 0.0561 e. The van der Waals surface area contributed by atoms with Crippen LogP contribution in [0.2, 0.25) is 0 Å². The van der Waals surface area contributed by atoms with Crippen molar-refractivity contribution in [2.24, 2.45) is 0 Å². The summed E-state index contributed by atoms with van der Waals surface area (Å²) in [4.78, 5) is 0. The number of halogens is 4. The summed E-state index contributed by atoms with van der Waals surface area (Å²) in [5.74, 6) is 0. The van der Waals surface area contributed by atoms with E-state index in [9.17, 15) is 0 Å². The minimum Gasteiger partial charge on any atom is -0.398 e. The predicted molar refractivity (Wildman–Crippen MR) is 66.6 cm³/mol. The Morgan fingerprint density at radius 2 is 1.75 bits per heavy atom. The van der Waals surface area contributed by atoms with E-state index in [0.29, 0.717) is 0 Å². The summed E-state index contributed by atoms with van der Waals surface area (Å²) in [5, 5.41) is 0.753. The average molecular weight is 423 g/mol. The molecule has 0 amide bonds. The van der Waals surface area contributed by atoms with Gasteiger partial charge in [-0.2, -0.15) is 0 Å². The quantitative estimate of drug-likeness (QED) is 0.404. The molecule has 0 saturated carbocycles. The molecule has 0 bridgehead atoms. The Kier molecular flexibility index (Phi) is 4.08. The summed E-state index contributed by atoms with van der Waals surface area (Å²) in [6.45, 7) is 0. The van der Waals surface area contributed by atoms with Crippen molar-refractivity contribution in [3.63, 3.8) is 0 Å². The molecule has 0 fully saturated rings. The molecule has 0 aliphatic rings. The Bertz CT molecular complexity index is 311. The van der Waals surface area contributed by atoms with Crippen molar-refractivity contribution in [3.8, 4) is 0 Å². The normalized spacial score (nSPS) is 10.3. The van der Waals surface area contributed by atoms with Gasteiger partial charge in [0.05, 0.1) is 10.2 Å². The lowest BCUT2D eigenvalue weighted by atomic mass is 10.2. The molecule has 1 rings (SSSR count). The Morgan fingerprint density at radius 3 is 2.25 bits per heavy atom. The number of nitrogens with two attached hydrogens (primary N) is 1. The summed E-state index contributed by atoms with van der Waals surface area (Å²) in [7, 11) is 0. The van der Waals surface area contributed by atoms with E-state index in [-0.39, 0.29) is 0 Å². The second-order valence-electron chi connectivity index (χ2n) is 2.19. The molecule has 0 spiro atoms. The van der Waals surface area contributed by atoms with Gasteiger partial charge in [-0.3, -0.25) is 0 Å². The standard InChI is InChI=1S/C7H5Br4N/c8-2-3-1-4(9)5(10)6(11)7(3)12/h1H,2,12H2. The van der Waals surface area contributed by atoms with Crippen LogP contribution in [0.15, 0.2) is 19.5 Å². The fourth-order valence-corrected chi connectivity index (χ4v) is 2.77. The zero-order valence-corrected chi connectivity index (χ0v) is 12.2. The van der Waals surface area contributed by atoms with Crippen LogP contribution in [0.5, 0.6) is 0 Å². The number of hydrogen-bond acceptors (Lipinski definition) is 1. The van der Waals surface area contributed by atoms with E-state index < -0.39 is 0 Å². The van der Waals surface area contributed by atoms with Gasteiger partial charge in [0.2, 0.25) is 0 Å². The van der Waals surface area contributed by atoms with E-state index >= 15 is 0 Å². The smallest absolute Gasteiger partial charge is 0.0561 e. The van der Waals surface area contributed by atoms with E-state index in [1.165, 1.54) is 0 Å². The first-order chi connectivity index (χ1) is 5.57. The first kappa shape index (κ1) is 11.0. The fraction of sp³-hybridized carbons (Fsp3) is 0.143. The molecule has 1 aromatic rings. The van der Waals surface area contributed by atoms with E-state index in [2.05, 4.69) is 63.7 Å². The van der Waals surface area contributed by atoms with Gasteiger partial charge in [0.1, 0.15) is 0 Å². The van der Waals surface area contributed by atoms with Crippen molar-refractivity contribution in [1.82, 2.24) is 0 Å². The van der Waals surface area contributed by atoms with Crippen LogP contribution in [0.3, 0.4) is 0 Å². The molecule has 0 saturated heterocycles. The molecule has 0 atom stereocenters. The Morgan fingerprint density at radius 1 is 1.17 bits per heavy atom. The van der Waals surface area contributed by atoms with Gasteiger partial charge in [-0.1, -0.05) is 15.9 Å². The minimum atomic E-state index is 0.753. The zero-order valence-electron chi connectivity index (χ0n) is 5.87. The van der Waals surface area contributed by atoms with Crippen LogP contribution in [0, 0.1) is 0 Å². The van der Waals surface area contributed by atoms with Gasteiger partial charge in [0.15, 0.2) is 0 Å². The predicted octanol–water partition coefficient (Wildman–Crippen LogP) is 4.45. The number of alkyl halides is 1. The zero-order chi connectivity index (χ0) is 9.30. The molecule has 66 valence electrons. The molecule has 0 radical (unpaired) electrons. The molecule has 1 aromatic carbocycles. The summed E-state index contributed by atoms with van der Waals surface area (Å²) in [6, 6.07) is 1.99. The second kappa shape index (κ2) is 4.44. The van der Waals surface area contributed by atoms with Gasteiger partial charge in [0.25, 0.3) is 0 Å². The molecule has 0 unspecified atom stereocenters. The topological polar surface area (TPSA) is 26.0 Å². The second-order valence-corrected chi connectivity index (χ2v) is 5.19. The van der Waals surface area contributed by atoms with Gasteiger partial charge in [-0.15, -0.1) is 0 Å². The number of hydrogen-bond donors (Lipinski definition) is 1. The average Bonchev–Trinajstić information content (AvgIpc) is 2.08. The van der Waals surface area contributed by atoms with E-state index in [1.807, 2.05) is 6.07 Å². The lowest BCUT2D eigenvalue weighted by molar-refractivity contribution is 1.38. The highest BCUT2D eigenvalue weighted by Crippen LogP contribution is 2.38. The van der Waals surface area contributed by atoms with Crippen molar-refractivity contribution >= 4 is 69.4 Å². The van der Waals surface area contributed by atoms with Crippen LogP contribution in [-0.4, -0.2) is 0 Å². The molecule has 0 heterocycles. The van der Waals surface area contributed by atoms with Crippen molar-refractivity contribution in [2.75, 3.05) is 5.73 Å². The van der Waals surface area contributed by atoms with Gasteiger partial charge in [-0.25, -0.2) is 0 Å². The monoisotopic (exact) mass is 419 g/mol. The molecule has 0 aromatic heterocycles. The van der Waals surface area contributed by atoms with Crippen LogP contribution in [0.4, 0.5) is 5.69 Å². The van der Waals surface area contributed by atoms with Gasteiger partial charge < -0.3 is 5.73 Å². The molecular weight excluding hydrogens is 418 g/mol. The SMILES string of the molecule is Nc1c(CBr)cc(Br)c(Br)c1Br. The lowest BCUT2D eigenvalue weighted by Crippen LogP contribution is -1.94. The third kappa shape index (κ3) is 2.05. The van der Waals surface area contributed by atoms with Crippen LogP contribution >= 0.6 is 63.7 Å². The highest BCUT2D eigenvalue weighted by atomic mass is 79.9. The van der Waals surface area contributed by atoms with Crippen molar-refractivity contribution in [3.05, 3.63) is 25.0 Å². The van der Waals surface area contributed by atoms with Gasteiger partial charge in [0, 0.05) is 14.3 Å². The molecular formula is C7H5Br4N. The van der Waals surface area contributed by atoms with Crippen LogP contribution < -0.4 is 5.73 Å². The third-order valence-corrected chi connectivity index (χ3v) is 5.37. The van der Waals surface area contributed by atoms with Gasteiger partial charge >= 0.3 is 0 Å². The number of nitrogen functional groups attached to an aromatic ring is 1. The Balaban J connectivity index is 3.39. The number of rotatable bonds is 1. The van der Waals surface area contributed by atoms with Gasteiger partial charge in [-0.05, 0) is 59.4 Å². The summed E-state index contributed by atoms with van der Waals surface area (Å²) >= 11 is 13.6. The maximum absolute atomic E-state index is 5.84. The summed E-state index contributed by atoms with van der Waals surface area (Å²) < 4.78 is 2.84. The Hall–Kier alpha value is 0.940. The molecule has 0 aliphatic heterocycles. The molecule has 2 N–H and O–H groups in total.